The van der Waals surface area contributed by atoms with Crippen LogP contribution < -0.4 is 0 Å². The van der Waals surface area contributed by atoms with Gasteiger partial charge in [-0.05, 0) is 94.3 Å². The van der Waals surface area contributed by atoms with Crippen molar-refractivity contribution in [2.45, 2.75) is 81.8 Å². The Hall–Kier alpha value is -2.05. The summed E-state index contributed by atoms with van der Waals surface area (Å²) in [5.41, 5.74) is 5.20. The van der Waals surface area contributed by atoms with E-state index >= 15 is 0 Å². The third-order valence-electron chi connectivity index (χ3n) is 11.5. The minimum Gasteiger partial charge on any atom is -0.390 e. The molecule has 2 aliphatic heterocycles. The van der Waals surface area contributed by atoms with E-state index in [0.717, 1.165) is 49.8 Å². The number of hydrogen-bond donors (Lipinski definition) is 2. The van der Waals surface area contributed by atoms with Crippen LogP contribution in [-0.4, -0.2) is 64.9 Å². The van der Waals surface area contributed by atoms with Crippen LogP contribution in [0, 0.1) is 22.7 Å². The lowest BCUT2D eigenvalue weighted by Crippen LogP contribution is -2.67. The molecular formula is C32H40N2O3. The molecule has 9 atom stereocenters. The number of aliphatic imine (C=N–C) groups is 1. The third-order valence-corrected chi connectivity index (χ3v) is 11.5. The maximum absolute atomic E-state index is 11.5. The molecule has 1 aromatic carbocycles. The van der Waals surface area contributed by atoms with E-state index < -0.39 is 12.2 Å². The maximum atomic E-state index is 11.5. The highest BCUT2D eigenvalue weighted by Gasteiger charge is 2.84. The number of hydrogen-bond acceptors (Lipinski definition) is 5. The van der Waals surface area contributed by atoms with Gasteiger partial charge in [0, 0.05) is 34.6 Å². The van der Waals surface area contributed by atoms with Crippen molar-refractivity contribution in [3.8, 4) is 0 Å². The molecule has 0 amide bonds. The molecule has 5 nitrogen and oxygen atoms in total. The van der Waals surface area contributed by atoms with Gasteiger partial charge in [-0.25, -0.2) is 0 Å². The molecule has 5 heteroatoms. The highest BCUT2D eigenvalue weighted by atomic mass is 16.5. The first-order valence-electron chi connectivity index (χ1n) is 14.1. The number of rotatable bonds is 4. The van der Waals surface area contributed by atoms with Crippen molar-refractivity contribution in [2.24, 2.45) is 27.7 Å². The first kappa shape index (κ1) is 24.0. The number of nitrogens with zero attached hydrogens (tertiary/aromatic N) is 2. The van der Waals surface area contributed by atoms with Gasteiger partial charge in [-0.2, -0.15) is 0 Å². The zero-order valence-electron chi connectivity index (χ0n) is 22.6. The van der Waals surface area contributed by atoms with Crippen molar-refractivity contribution in [2.75, 3.05) is 14.1 Å². The van der Waals surface area contributed by atoms with Crippen molar-refractivity contribution in [3.63, 3.8) is 0 Å². The second-order valence-corrected chi connectivity index (χ2v) is 13.0. The standard InChI is InChI=1S/C32H40N2O3/c1-6-19-16-20(8-10-24(19)33-7-2)21-9-11-26-29(21,3)13-12-22-23-17-31(23)28(36)27(35)25(34(4)5)18-30(31)14-15-32(22,26)37-30/h6-10,12,16,23,25-28,35-36H,1,11,13-15,17-18H2,2-5H3/t23?,25-,26?,27+,28-,29+,30+,31?,32+/m0/s1. The third kappa shape index (κ3) is 2.72. The lowest BCUT2D eigenvalue weighted by Gasteiger charge is -2.59. The normalized spacial score (nSPS) is 47.2. The summed E-state index contributed by atoms with van der Waals surface area (Å²) < 4.78 is 7.45. The fourth-order valence-corrected chi connectivity index (χ4v) is 9.77. The average Bonchev–Trinajstić information content (AvgIpc) is 3.41. The molecule has 2 bridgehead atoms. The molecule has 6 aliphatic rings. The van der Waals surface area contributed by atoms with Crippen LogP contribution in [0.25, 0.3) is 11.6 Å². The molecule has 4 fully saturated rings. The van der Waals surface area contributed by atoms with Crippen molar-refractivity contribution in [1.29, 1.82) is 0 Å². The van der Waals surface area contributed by atoms with Crippen LogP contribution in [0.2, 0.25) is 0 Å². The van der Waals surface area contributed by atoms with Crippen LogP contribution in [-0.2, 0) is 4.74 Å². The predicted octanol–water partition coefficient (Wildman–Crippen LogP) is 5.16. The molecule has 4 aliphatic carbocycles. The summed E-state index contributed by atoms with van der Waals surface area (Å²) in [4.78, 5) is 6.60. The zero-order chi connectivity index (χ0) is 26.0. The number of benzene rings is 1. The van der Waals surface area contributed by atoms with E-state index in [4.69, 9.17) is 4.74 Å². The van der Waals surface area contributed by atoms with Crippen LogP contribution in [0.3, 0.4) is 0 Å². The van der Waals surface area contributed by atoms with Gasteiger partial charge in [-0.15, -0.1) is 0 Å². The van der Waals surface area contributed by atoms with E-state index in [1.807, 2.05) is 33.3 Å². The van der Waals surface area contributed by atoms with Gasteiger partial charge in [-0.1, -0.05) is 37.8 Å². The number of ether oxygens (including phenoxy) is 1. The Morgan fingerprint density at radius 3 is 2.70 bits per heavy atom. The number of fused-ring (bicyclic) bond motifs is 2. The van der Waals surface area contributed by atoms with E-state index in [-0.39, 0.29) is 28.1 Å². The van der Waals surface area contributed by atoms with Crippen LogP contribution >= 0.6 is 0 Å². The Kier molecular flexibility index (Phi) is 4.89. The van der Waals surface area contributed by atoms with E-state index in [1.54, 1.807) is 0 Å². The average molecular weight is 501 g/mol. The van der Waals surface area contributed by atoms with Crippen LogP contribution in [0.5, 0.6) is 0 Å². The van der Waals surface area contributed by atoms with Gasteiger partial charge in [0.2, 0.25) is 0 Å². The van der Waals surface area contributed by atoms with Gasteiger partial charge >= 0.3 is 0 Å². The first-order valence-corrected chi connectivity index (χ1v) is 14.1. The maximum Gasteiger partial charge on any atom is 0.0961 e. The minimum absolute atomic E-state index is 0.00829. The molecular weight excluding hydrogens is 460 g/mol. The molecule has 0 radical (unpaired) electrons. The molecule has 2 N–H and O–H groups in total. The molecule has 0 aromatic heterocycles. The minimum atomic E-state index is -0.733. The monoisotopic (exact) mass is 500 g/mol. The molecule has 2 saturated carbocycles. The summed E-state index contributed by atoms with van der Waals surface area (Å²) in [5, 5.41) is 22.6. The van der Waals surface area contributed by atoms with Crippen LogP contribution in [0.1, 0.15) is 63.5 Å². The summed E-state index contributed by atoms with van der Waals surface area (Å²) in [6.45, 7) is 8.42. The summed E-state index contributed by atoms with van der Waals surface area (Å²) >= 11 is 0. The predicted molar refractivity (Wildman–Crippen MR) is 148 cm³/mol. The molecule has 37 heavy (non-hydrogen) atoms. The molecule has 3 spiro atoms. The quantitative estimate of drug-likeness (QED) is 0.443. The van der Waals surface area contributed by atoms with E-state index in [2.05, 4.69) is 53.7 Å². The number of aliphatic hydroxyl groups is 2. The molecule has 7 rings (SSSR count). The Bertz CT molecular complexity index is 1280. The van der Waals surface area contributed by atoms with Gasteiger partial charge < -0.3 is 19.8 Å². The molecule has 2 heterocycles. The van der Waals surface area contributed by atoms with E-state index in [1.165, 1.54) is 16.7 Å². The Morgan fingerprint density at radius 1 is 1.16 bits per heavy atom. The fourth-order valence-electron chi connectivity index (χ4n) is 9.77. The van der Waals surface area contributed by atoms with Crippen molar-refractivity contribution < 1.29 is 14.9 Å². The topological polar surface area (TPSA) is 65.3 Å². The molecule has 196 valence electrons. The second kappa shape index (κ2) is 7.53. The Labute approximate surface area is 220 Å². The van der Waals surface area contributed by atoms with E-state index in [0.29, 0.717) is 11.8 Å². The lowest BCUT2D eigenvalue weighted by atomic mass is 9.57. The van der Waals surface area contributed by atoms with Crippen LogP contribution in [0.15, 0.2) is 47.5 Å². The Morgan fingerprint density at radius 2 is 1.97 bits per heavy atom. The van der Waals surface area contributed by atoms with Crippen molar-refractivity contribution in [1.82, 2.24) is 4.90 Å². The number of allylic oxidation sites excluding steroid dienone is 3. The molecule has 1 aromatic rings. The number of aliphatic hydroxyl groups excluding tert-OH is 2. The summed E-state index contributed by atoms with van der Waals surface area (Å²) in [6.07, 6.45) is 13.0. The molecule has 3 unspecified atom stereocenters. The summed E-state index contributed by atoms with van der Waals surface area (Å²) in [5.74, 6) is 0.721. The first-order chi connectivity index (χ1) is 17.7. The lowest BCUT2D eigenvalue weighted by molar-refractivity contribution is -0.248. The van der Waals surface area contributed by atoms with Crippen LogP contribution in [0.4, 0.5) is 5.69 Å². The highest BCUT2D eigenvalue weighted by molar-refractivity contribution is 5.79. The number of likely N-dealkylation sites (N-methyl/N-ethyl adjacent to an activating group) is 1. The summed E-state index contributed by atoms with van der Waals surface area (Å²) in [7, 11) is 4.02. The summed E-state index contributed by atoms with van der Waals surface area (Å²) in [6, 6.07) is 6.49. The van der Waals surface area contributed by atoms with Gasteiger partial charge in [-0.3, -0.25) is 4.99 Å². The van der Waals surface area contributed by atoms with Gasteiger partial charge in [0.25, 0.3) is 0 Å². The Balaban J connectivity index is 1.28. The van der Waals surface area contributed by atoms with E-state index in [9.17, 15) is 10.2 Å². The highest BCUT2D eigenvalue weighted by Crippen LogP contribution is 2.81. The van der Waals surface area contributed by atoms with Gasteiger partial charge in [0.1, 0.15) is 0 Å². The van der Waals surface area contributed by atoms with Crippen molar-refractivity contribution >= 4 is 23.6 Å². The SMILES string of the molecule is C=Cc1cc(C2=CCC3[C@]2(C)CC=C2C4CC45[C@@H](O)[C@H](O)[C@@H](N(C)C)C[C@]54CC[C@@]23O4)ccc1N=CC. The largest absolute Gasteiger partial charge is 0.390 e. The zero-order valence-corrected chi connectivity index (χ0v) is 22.6. The van der Waals surface area contributed by atoms with Gasteiger partial charge in [0.15, 0.2) is 0 Å². The smallest absolute Gasteiger partial charge is 0.0961 e. The van der Waals surface area contributed by atoms with Gasteiger partial charge in [0.05, 0.1) is 29.1 Å². The fraction of sp³-hybridized carbons (Fsp3) is 0.594. The molecule has 2 saturated heterocycles. The van der Waals surface area contributed by atoms with Crippen molar-refractivity contribution in [3.05, 3.63) is 53.6 Å². The second-order valence-electron chi connectivity index (χ2n) is 13.0.